The molecule has 0 radical (unpaired) electrons. The molecule has 2 N–H and O–H groups in total. The van der Waals surface area contributed by atoms with Gasteiger partial charge in [0, 0.05) is 4.90 Å². The van der Waals surface area contributed by atoms with Crippen LogP contribution in [0.3, 0.4) is 0 Å². The Morgan fingerprint density at radius 2 is 2.07 bits per heavy atom. The van der Waals surface area contributed by atoms with Crippen LogP contribution in [0.15, 0.2) is 23.1 Å². The monoisotopic (exact) mass is 217 g/mol. The van der Waals surface area contributed by atoms with Gasteiger partial charge >= 0.3 is 0 Å². The van der Waals surface area contributed by atoms with Crippen LogP contribution in [0.4, 0.5) is 8.78 Å². The summed E-state index contributed by atoms with van der Waals surface area (Å²) in [4.78, 5) is 11.2. The van der Waals surface area contributed by atoms with Crippen LogP contribution < -0.4 is 5.73 Å². The lowest BCUT2D eigenvalue weighted by Gasteiger charge is -2.06. The minimum absolute atomic E-state index is 0.458. The van der Waals surface area contributed by atoms with Crippen LogP contribution in [0.1, 0.15) is 6.92 Å². The summed E-state index contributed by atoms with van der Waals surface area (Å²) < 4.78 is 25.2. The fourth-order valence-corrected chi connectivity index (χ4v) is 1.65. The van der Waals surface area contributed by atoms with Crippen molar-refractivity contribution in [2.24, 2.45) is 5.73 Å². The highest BCUT2D eigenvalue weighted by molar-refractivity contribution is 8.00. The molecule has 0 saturated carbocycles. The van der Waals surface area contributed by atoms with Gasteiger partial charge in [-0.25, -0.2) is 8.78 Å². The molecule has 14 heavy (non-hydrogen) atoms. The third-order valence-corrected chi connectivity index (χ3v) is 2.72. The Morgan fingerprint density at radius 1 is 1.43 bits per heavy atom. The van der Waals surface area contributed by atoms with Crippen molar-refractivity contribution in [3.05, 3.63) is 29.8 Å². The van der Waals surface area contributed by atoms with Crippen molar-refractivity contribution in [1.82, 2.24) is 0 Å². The predicted octanol–water partition coefficient (Wildman–Crippen LogP) is 1.93. The van der Waals surface area contributed by atoms with Crippen molar-refractivity contribution in [2.75, 3.05) is 0 Å². The standard InChI is InChI=1S/C9H9F2NOS/c1-5(9(12)13)14-6-2-3-7(10)8(11)4-6/h2-5H,1H3,(H2,12,13). The fraction of sp³-hybridized carbons (Fsp3) is 0.222. The zero-order chi connectivity index (χ0) is 10.7. The second-order valence-corrected chi connectivity index (χ2v) is 4.15. The van der Waals surface area contributed by atoms with E-state index < -0.39 is 22.8 Å². The molecule has 5 heteroatoms. The first-order valence-corrected chi connectivity index (χ1v) is 4.79. The average molecular weight is 217 g/mol. The first-order valence-electron chi connectivity index (χ1n) is 3.91. The SMILES string of the molecule is CC(Sc1ccc(F)c(F)c1)C(N)=O. The Bertz CT molecular complexity index is 357. The smallest absolute Gasteiger partial charge is 0.230 e. The molecular formula is C9H9F2NOS. The van der Waals surface area contributed by atoms with Crippen LogP contribution in [0, 0.1) is 11.6 Å². The Labute approximate surface area is 84.5 Å². The van der Waals surface area contributed by atoms with E-state index in [9.17, 15) is 13.6 Å². The molecule has 0 bridgehead atoms. The van der Waals surface area contributed by atoms with Gasteiger partial charge in [0.1, 0.15) is 0 Å². The molecule has 1 unspecified atom stereocenters. The van der Waals surface area contributed by atoms with Crippen molar-refractivity contribution in [2.45, 2.75) is 17.1 Å². The molecule has 0 aliphatic carbocycles. The second-order valence-electron chi connectivity index (χ2n) is 2.74. The van der Waals surface area contributed by atoms with Crippen LogP contribution in [0.25, 0.3) is 0 Å². The van der Waals surface area contributed by atoms with E-state index in [4.69, 9.17) is 5.73 Å². The highest BCUT2D eigenvalue weighted by atomic mass is 32.2. The maximum atomic E-state index is 12.7. The number of hydrogen-bond donors (Lipinski definition) is 1. The van der Waals surface area contributed by atoms with E-state index in [1.54, 1.807) is 6.92 Å². The average Bonchev–Trinajstić information content (AvgIpc) is 2.11. The van der Waals surface area contributed by atoms with Crippen LogP contribution in [0.5, 0.6) is 0 Å². The van der Waals surface area contributed by atoms with Gasteiger partial charge in [-0.05, 0) is 25.1 Å². The molecule has 1 aromatic rings. The summed E-state index contributed by atoms with van der Waals surface area (Å²) in [7, 11) is 0. The molecule has 0 aliphatic rings. The molecule has 1 aromatic carbocycles. The summed E-state index contributed by atoms with van der Waals surface area (Å²) in [6.45, 7) is 1.61. The molecule has 0 heterocycles. The molecule has 0 saturated heterocycles. The zero-order valence-corrected chi connectivity index (χ0v) is 8.28. The number of primary amides is 1. The lowest BCUT2D eigenvalue weighted by Crippen LogP contribution is -2.22. The van der Waals surface area contributed by atoms with Gasteiger partial charge in [-0.1, -0.05) is 0 Å². The van der Waals surface area contributed by atoms with E-state index in [-0.39, 0.29) is 0 Å². The largest absolute Gasteiger partial charge is 0.369 e. The van der Waals surface area contributed by atoms with Gasteiger partial charge in [0.15, 0.2) is 11.6 Å². The second kappa shape index (κ2) is 4.41. The zero-order valence-electron chi connectivity index (χ0n) is 7.46. The maximum absolute atomic E-state index is 12.7. The van der Waals surface area contributed by atoms with Crippen molar-refractivity contribution < 1.29 is 13.6 Å². The molecular weight excluding hydrogens is 208 g/mol. The first kappa shape index (κ1) is 11.0. The Balaban J connectivity index is 2.78. The van der Waals surface area contributed by atoms with Crippen LogP contribution in [-0.2, 0) is 4.79 Å². The van der Waals surface area contributed by atoms with E-state index in [1.165, 1.54) is 6.07 Å². The third-order valence-electron chi connectivity index (χ3n) is 1.60. The summed E-state index contributed by atoms with van der Waals surface area (Å²) >= 11 is 1.09. The van der Waals surface area contributed by atoms with Crippen molar-refractivity contribution in [3.8, 4) is 0 Å². The molecule has 1 rings (SSSR count). The Morgan fingerprint density at radius 3 is 2.57 bits per heavy atom. The number of hydrogen-bond acceptors (Lipinski definition) is 2. The number of amides is 1. The van der Waals surface area contributed by atoms with Crippen molar-refractivity contribution in [3.63, 3.8) is 0 Å². The number of nitrogens with two attached hydrogens (primary N) is 1. The highest BCUT2D eigenvalue weighted by Gasteiger charge is 2.11. The van der Waals surface area contributed by atoms with Gasteiger partial charge in [-0.3, -0.25) is 4.79 Å². The molecule has 2 nitrogen and oxygen atoms in total. The summed E-state index contributed by atoms with van der Waals surface area (Å²) in [6.07, 6.45) is 0. The topological polar surface area (TPSA) is 43.1 Å². The van der Waals surface area contributed by atoms with E-state index in [0.29, 0.717) is 4.90 Å². The quantitative estimate of drug-likeness (QED) is 0.786. The van der Waals surface area contributed by atoms with Crippen LogP contribution in [-0.4, -0.2) is 11.2 Å². The van der Waals surface area contributed by atoms with Gasteiger partial charge in [-0.15, -0.1) is 11.8 Å². The van der Waals surface area contributed by atoms with E-state index in [1.807, 2.05) is 0 Å². The number of rotatable bonds is 3. The van der Waals surface area contributed by atoms with Crippen LogP contribution in [0.2, 0.25) is 0 Å². The van der Waals surface area contributed by atoms with Crippen molar-refractivity contribution >= 4 is 17.7 Å². The molecule has 0 aromatic heterocycles. The summed E-state index contributed by atoms with van der Waals surface area (Å²) in [6, 6.07) is 3.47. The minimum atomic E-state index is -0.924. The van der Waals surface area contributed by atoms with Gasteiger partial charge in [0.25, 0.3) is 0 Å². The minimum Gasteiger partial charge on any atom is -0.369 e. The first-order chi connectivity index (χ1) is 6.50. The van der Waals surface area contributed by atoms with Crippen LogP contribution >= 0.6 is 11.8 Å². The fourth-order valence-electron chi connectivity index (χ4n) is 0.812. The number of carbonyl (C=O) groups is 1. The summed E-state index contributed by atoms with van der Waals surface area (Å²) in [5.74, 6) is -2.31. The number of benzene rings is 1. The molecule has 76 valence electrons. The van der Waals surface area contributed by atoms with Gasteiger partial charge < -0.3 is 5.73 Å². The summed E-state index contributed by atoms with van der Waals surface area (Å²) in [5, 5.41) is -0.458. The van der Waals surface area contributed by atoms with E-state index in [2.05, 4.69) is 0 Å². The number of carbonyl (C=O) groups excluding carboxylic acids is 1. The lowest BCUT2D eigenvalue weighted by molar-refractivity contribution is -0.117. The Kier molecular flexibility index (Phi) is 3.46. The maximum Gasteiger partial charge on any atom is 0.230 e. The number of halogens is 2. The molecule has 0 fully saturated rings. The van der Waals surface area contributed by atoms with Crippen molar-refractivity contribution in [1.29, 1.82) is 0 Å². The molecule has 1 atom stereocenters. The summed E-state index contributed by atoms with van der Waals surface area (Å²) in [5.41, 5.74) is 5.02. The van der Waals surface area contributed by atoms with Gasteiger partial charge in [-0.2, -0.15) is 0 Å². The highest BCUT2D eigenvalue weighted by Crippen LogP contribution is 2.24. The van der Waals surface area contributed by atoms with Gasteiger partial charge in [0.05, 0.1) is 5.25 Å². The van der Waals surface area contributed by atoms with E-state index >= 15 is 0 Å². The van der Waals surface area contributed by atoms with E-state index in [0.717, 1.165) is 23.9 Å². The Hall–Kier alpha value is -1.10. The molecule has 0 aliphatic heterocycles. The lowest BCUT2D eigenvalue weighted by atomic mass is 10.3. The molecule has 1 amide bonds. The normalized spacial score (nSPS) is 12.5. The van der Waals surface area contributed by atoms with Gasteiger partial charge in [0.2, 0.25) is 5.91 Å². The number of thioether (sulfide) groups is 1. The molecule has 0 spiro atoms. The predicted molar refractivity (Wildman–Crippen MR) is 50.9 cm³/mol. The third kappa shape index (κ3) is 2.70.